The van der Waals surface area contributed by atoms with Crippen molar-refractivity contribution in [2.24, 2.45) is 0 Å². The molecule has 0 aliphatic rings. The average Bonchev–Trinajstić information content (AvgIpc) is 3.38. The van der Waals surface area contributed by atoms with Crippen molar-refractivity contribution in [2.75, 3.05) is 12.4 Å². The number of para-hydroxylation sites is 1. The predicted octanol–water partition coefficient (Wildman–Crippen LogP) is 5.07. The summed E-state index contributed by atoms with van der Waals surface area (Å²) in [6, 6.07) is 16.1. The maximum atomic E-state index is 11.9. The number of nitriles is 1. The van der Waals surface area contributed by atoms with Gasteiger partial charge in [-0.2, -0.15) is 10.4 Å². The molecular formula is C24H20N4O4. The highest BCUT2D eigenvalue weighted by Crippen LogP contribution is 2.38. The van der Waals surface area contributed by atoms with E-state index in [4.69, 9.17) is 14.3 Å². The molecule has 0 aliphatic carbocycles. The van der Waals surface area contributed by atoms with Gasteiger partial charge in [-0.25, -0.2) is 9.48 Å². The zero-order chi connectivity index (χ0) is 22.8. The number of aromatic nitrogens is 2. The number of furan rings is 1. The Balaban J connectivity index is 1.95. The molecule has 8 heteroatoms. The van der Waals surface area contributed by atoms with E-state index in [1.165, 1.54) is 19.4 Å². The maximum absolute atomic E-state index is 11.9. The van der Waals surface area contributed by atoms with Gasteiger partial charge in [0.05, 0.1) is 35.3 Å². The Bertz CT molecular complexity index is 1360. The molecule has 0 saturated carbocycles. The highest BCUT2D eigenvalue weighted by atomic mass is 16.5. The van der Waals surface area contributed by atoms with Gasteiger partial charge < -0.3 is 19.6 Å². The second-order valence-corrected chi connectivity index (χ2v) is 7.16. The van der Waals surface area contributed by atoms with Gasteiger partial charge in [-0.15, -0.1) is 0 Å². The lowest BCUT2D eigenvalue weighted by molar-refractivity contribution is 0.0697. The second kappa shape index (κ2) is 8.32. The number of nitrogens with one attached hydrogen (secondary N) is 1. The molecule has 4 aromatic rings. The van der Waals surface area contributed by atoms with Crippen molar-refractivity contribution < 1.29 is 19.1 Å². The van der Waals surface area contributed by atoms with E-state index in [1.807, 2.05) is 44.2 Å². The summed E-state index contributed by atoms with van der Waals surface area (Å²) in [6.07, 6.45) is 1.49. The number of benzene rings is 2. The summed E-state index contributed by atoms with van der Waals surface area (Å²) in [5.41, 5.74) is 4.29. The molecule has 0 bridgehead atoms. The molecule has 0 fully saturated rings. The standard InChI is InChI=1S/C24H20N4O4/c1-14-6-4-5-7-21(14)28-23(22(15(2)27-28)16-10-18(12-25)32-13-16)26-20-9-8-17(31-3)11-19(20)24(29)30/h4-11,13,26H,1-3H3,(H,29,30). The van der Waals surface area contributed by atoms with E-state index >= 15 is 0 Å². The van der Waals surface area contributed by atoms with Crippen LogP contribution in [0.5, 0.6) is 5.75 Å². The molecule has 0 saturated heterocycles. The van der Waals surface area contributed by atoms with E-state index in [-0.39, 0.29) is 11.3 Å². The van der Waals surface area contributed by atoms with Crippen molar-refractivity contribution in [3.05, 3.63) is 77.4 Å². The highest BCUT2D eigenvalue weighted by molar-refractivity contribution is 5.96. The van der Waals surface area contributed by atoms with Gasteiger partial charge in [0.1, 0.15) is 23.9 Å². The number of hydrogen-bond acceptors (Lipinski definition) is 6. The number of aryl methyl sites for hydroxylation is 2. The Kier molecular flexibility index (Phi) is 5.39. The van der Waals surface area contributed by atoms with Crippen molar-refractivity contribution in [2.45, 2.75) is 13.8 Å². The van der Waals surface area contributed by atoms with Crippen molar-refractivity contribution in [1.29, 1.82) is 5.26 Å². The summed E-state index contributed by atoms with van der Waals surface area (Å²) in [7, 11) is 1.48. The summed E-state index contributed by atoms with van der Waals surface area (Å²) < 4.78 is 12.2. The molecule has 0 aliphatic heterocycles. The van der Waals surface area contributed by atoms with E-state index in [9.17, 15) is 15.2 Å². The first-order valence-electron chi connectivity index (χ1n) is 9.76. The number of methoxy groups -OCH3 is 1. The van der Waals surface area contributed by atoms with Crippen molar-refractivity contribution in [3.63, 3.8) is 0 Å². The summed E-state index contributed by atoms with van der Waals surface area (Å²) in [4.78, 5) is 11.9. The molecule has 32 heavy (non-hydrogen) atoms. The van der Waals surface area contributed by atoms with Gasteiger partial charge in [0.25, 0.3) is 0 Å². The van der Waals surface area contributed by atoms with Crippen molar-refractivity contribution in [3.8, 4) is 28.6 Å². The summed E-state index contributed by atoms with van der Waals surface area (Å²) >= 11 is 0. The maximum Gasteiger partial charge on any atom is 0.337 e. The van der Waals surface area contributed by atoms with Gasteiger partial charge >= 0.3 is 5.97 Å². The van der Waals surface area contributed by atoms with Gasteiger partial charge in [-0.1, -0.05) is 18.2 Å². The lowest BCUT2D eigenvalue weighted by Gasteiger charge is -2.15. The number of carboxylic acid groups (broad SMARTS) is 1. The molecule has 2 N–H and O–H groups in total. The molecule has 2 heterocycles. The number of carbonyl (C=O) groups is 1. The van der Waals surface area contributed by atoms with Crippen LogP contribution >= 0.6 is 0 Å². The summed E-state index contributed by atoms with van der Waals surface area (Å²) in [5, 5.41) is 26.9. The normalized spacial score (nSPS) is 10.6. The van der Waals surface area contributed by atoms with E-state index < -0.39 is 5.97 Å². The van der Waals surface area contributed by atoms with Gasteiger partial charge in [-0.3, -0.25) is 0 Å². The fourth-order valence-corrected chi connectivity index (χ4v) is 3.55. The molecule has 160 valence electrons. The topological polar surface area (TPSA) is 113 Å². The summed E-state index contributed by atoms with van der Waals surface area (Å²) in [5.74, 6) is 0.0615. The average molecular weight is 428 g/mol. The van der Waals surface area contributed by atoms with E-state index in [0.717, 1.165) is 11.3 Å². The zero-order valence-corrected chi connectivity index (χ0v) is 17.7. The van der Waals surface area contributed by atoms with Gasteiger partial charge in [0, 0.05) is 11.6 Å². The smallest absolute Gasteiger partial charge is 0.337 e. The molecule has 2 aromatic heterocycles. The van der Waals surface area contributed by atoms with Gasteiger partial charge in [-0.05, 0) is 43.7 Å². The van der Waals surface area contributed by atoms with Crippen LogP contribution in [-0.2, 0) is 0 Å². The third-order valence-electron chi connectivity index (χ3n) is 5.11. The van der Waals surface area contributed by atoms with Crippen LogP contribution in [0.25, 0.3) is 16.8 Å². The molecule has 0 radical (unpaired) electrons. The minimum Gasteiger partial charge on any atom is -0.497 e. The van der Waals surface area contributed by atoms with Crippen LogP contribution < -0.4 is 10.1 Å². The fraction of sp³-hybridized carbons (Fsp3) is 0.125. The van der Waals surface area contributed by atoms with Crippen LogP contribution in [0.4, 0.5) is 11.5 Å². The first-order valence-corrected chi connectivity index (χ1v) is 9.76. The Hall–Kier alpha value is -4.51. The van der Waals surface area contributed by atoms with Crippen LogP contribution in [0.2, 0.25) is 0 Å². The predicted molar refractivity (Wildman–Crippen MR) is 119 cm³/mol. The van der Waals surface area contributed by atoms with Crippen LogP contribution in [-0.4, -0.2) is 28.0 Å². The first-order chi connectivity index (χ1) is 15.4. The number of rotatable bonds is 6. The van der Waals surface area contributed by atoms with Gasteiger partial charge in [0.2, 0.25) is 5.76 Å². The molecule has 0 spiro atoms. The number of ether oxygens (including phenoxy) is 1. The summed E-state index contributed by atoms with van der Waals surface area (Å²) in [6.45, 7) is 3.82. The molecule has 0 amide bonds. The largest absolute Gasteiger partial charge is 0.497 e. The quantitative estimate of drug-likeness (QED) is 0.441. The van der Waals surface area contributed by atoms with Crippen LogP contribution in [0.15, 0.2) is 59.2 Å². The van der Waals surface area contributed by atoms with E-state index in [1.54, 1.807) is 22.9 Å². The van der Waals surface area contributed by atoms with Crippen LogP contribution in [0.3, 0.4) is 0 Å². The number of aromatic carboxylic acids is 1. The highest BCUT2D eigenvalue weighted by Gasteiger charge is 2.23. The SMILES string of the molecule is COc1ccc(Nc2c(-c3coc(C#N)c3)c(C)nn2-c2ccccc2C)c(C(=O)O)c1. The molecule has 0 atom stereocenters. The third-order valence-corrected chi connectivity index (χ3v) is 5.11. The van der Waals surface area contributed by atoms with Crippen molar-refractivity contribution in [1.82, 2.24) is 9.78 Å². The Morgan fingerprint density at radius 3 is 2.66 bits per heavy atom. The molecule has 4 rings (SSSR count). The number of hydrogen-bond donors (Lipinski definition) is 2. The van der Waals surface area contributed by atoms with Crippen molar-refractivity contribution >= 4 is 17.5 Å². The second-order valence-electron chi connectivity index (χ2n) is 7.16. The molecule has 2 aromatic carbocycles. The van der Waals surface area contributed by atoms with Crippen LogP contribution in [0, 0.1) is 25.2 Å². The number of anilines is 2. The minimum atomic E-state index is -1.10. The Morgan fingerprint density at radius 1 is 1.22 bits per heavy atom. The zero-order valence-electron chi connectivity index (χ0n) is 17.7. The Labute approximate surface area is 184 Å². The first kappa shape index (κ1) is 20.8. The van der Waals surface area contributed by atoms with Gasteiger partial charge in [0.15, 0.2) is 0 Å². The lowest BCUT2D eigenvalue weighted by atomic mass is 10.1. The molecule has 0 unspecified atom stereocenters. The van der Waals surface area contributed by atoms with Crippen LogP contribution in [0.1, 0.15) is 27.4 Å². The molecule has 8 nitrogen and oxygen atoms in total. The number of nitrogens with zero attached hydrogens (tertiary/aromatic N) is 3. The number of carboxylic acids is 1. The third kappa shape index (κ3) is 3.68. The monoisotopic (exact) mass is 428 g/mol. The minimum absolute atomic E-state index is 0.0513. The fourth-order valence-electron chi connectivity index (χ4n) is 3.55. The van der Waals surface area contributed by atoms with E-state index in [2.05, 4.69) is 5.32 Å². The van der Waals surface area contributed by atoms with E-state index in [0.29, 0.717) is 34.1 Å². The molecular weight excluding hydrogens is 408 g/mol. The Morgan fingerprint density at radius 2 is 2.00 bits per heavy atom. The lowest BCUT2D eigenvalue weighted by Crippen LogP contribution is -2.08.